The van der Waals surface area contributed by atoms with E-state index in [1.165, 1.54) is 11.1 Å². The molecule has 3 rings (SSSR count). The summed E-state index contributed by atoms with van der Waals surface area (Å²) < 4.78 is 9.19. The fourth-order valence-corrected chi connectivity index (χ4v) is 3.31. The number of nitrogen functional groups attached to an aromatic ring is 1. The maximum atomic E-state index is 6.24. The minimum absolute atomic E-state index is 0. The number of ether oxygens (including phenoxy) is 1. The smallest absolute Gasteiger partial charge is 0.275 e. The molecule has 27 heavy (non-hydrogen) atoms. The minimum atomic E-state index is -0.148. The van der Waals surface area contributed by atoms with E-state index < -0.39 is 0 Å². The number of aromatic nitrogens is 1. The van der Waals surface area contributed by atoms with Crippen LogP contribution in [0.15, 0.2) is 77.4 Å². The molecule has 0 saturated carbocycles. The molecule has 0 amide bonds. The maximum absolute atomic E-state index is 6.24. The summed E-state index contributed by atoms with van der Waals surface area (Å²) in [4.78, 5) is 0. The van der Waals surface area contributed by atoms with E-state index in [1.807, 2.05) is 41.0 Å². The van der Waals surface area contributed by atoms with Crippen LogP contribution >= 0.6 is 15.9 Å². The van der Waals surface area contributed by atoms with Crippen LogP contribution < -0.4 is 27.4 Å². The normalized spacial score (nSPS) is 11.5. The molecule has 1 unspecified atom stereocenters. The number of anilines is 1. The van der Waals surface area contributed by atoms with E-state index in [0.717, 1.165) is 29.5 Å². The lowest BCUT2D eigenvalue weighted by atomic mass is 10.1. The van der Waals surface area contributed by atoms with Gasteiger partial charge < -0.3 is 17.1 Å². The predicted octanol–water partition coefficient (Wildman–Crippen LogP) is 2.10. The van der Waals surface area contributed by atoms with Gasteiger partial charge in [-0.15, -0.1) is 0 Å². The SMILES string of the molecule is CCC(Oc1ccccc1Br)[n+]1cc(CCc2ccccc2)ccc1N.[Cl-]. The van der Waals surface area contributed by atoms with E-state index in [9.17, 15) is 0 Å². The second-order valence-corrected chi connectivity index (χ2v) is 7.12. The Morgan fingerprint density at radius 1 is 0.926 bits per heavy atom. The number of rotatable bonds is 7. The molecular formula is C22H24BrClN2O. The van der Waals surface area contributed by atoms with E-state index in [0.29, 0.717) is 5.82 Å². The van der Waals surface area contributed by atoms with Gasteiger partial charge in [0.05, 0.1) is 10.7 Å². The Labute approximate surface area is 175 Å². The number of hydrogen-bond acceptors (Lipinski definition) is 2. The Bertz CT molecular complexity index is 858. The molecule has 0 radical (unpaired) electrons. The van der Waals surface area contributed by atoms with Gasteiger partial charge in [-0.1, -0.05) is 49.4 Å². The molecule has 0 aliphatic heterocycles. The standard InChI is InChI=1S/C22H23BrN2O.ClH/c1-2-22(26-20-11-7-6-10-19(20)23)25-16-18(14-15-21(25)24)13-12-17-8-4-3-5-9-17;/h3-11,14-16,22,24H,2,12-13H2,1H3;1H. The number of nitrogens with zero attached hydrogens (tertiary/aromatic N) is 1. The van der Waals surface area contributed by atoms with Crippen molar-refractivity contribution in [3.05, 3.63) is 88.5 Å². The predicted molar refractivity (Wildman–Crippen MR) is 109 cm³/mol. The zero-order valence-corrected chi connectivity index (χ0v) is 17.7. The van der Waals surface area contributed by atoms with Crippen LogP contribution in [-0.2, 0) is 12.8 Å². The Kier molecular flexibility index (Phi) is 8.14. The molecule has 1 atom stereocenters. The number of hydrogen-bond donors (Lipinski definition) is 1. The lowest BCUT2D eigenvalue weighted by molar-refractivity contribution is -0.741. The summed E-state index contributed by atoms with van der Waals surface area (Å²) in [6, 6.07) is 22.5. The molecule has 0 saturated heterocycles. The zero-order chi connectivity index (χ0) is 18.4. The fourth-order valence-electron chi connectivity index (χ4n) is 2.93. The number of nitrogens with two attached hydrogens (primary N) is 1. The first-order chi connectivity index (χ1) is 12.7. The van der Waals surface area contributed by atoms with Crippen molar-refractivity contribution in [2.75, 3.05) is 5.73 Å². The van der Waals surface area contributed by atoms with E-state index >= 15 is 0 Å². The Hall–Kier alpha value is -2.04. The lowest BCUT2D eigenvalue weighted by Crippen LogP contribution is -3.00. The van der Waals surface area contributed by atoms with E-state index in [4.69, 9.17) is 10.5 Å². The van der Waals surface area contributed by atoms with E-state index in [2.05, 4.69) is 59.4 Å². The number of halogens is 2. The lowest BCUT2D eigenvalue weighted by Gasteiger charge is -2.18. The van der Waals surface area contributed by atoms with Gasteiger partial charge in [0.1, 0.15) is 5.75 Å². The van der Waals surface area contributed by atoms with Gasteiger partial charge in [0, 0.05) is 12.5 Å². The van der Waals surface area contributed by atoms with Crippen LogP contribution in [0.25, 0.3) is 0 Å². The molecule has 1 aromatic heterocycles. The van der Waals surface area contributed by atoms with Crippen molar-refractivity contribution in [2.45, 2.75) is 32.4 Å². The zero-order valence-electron chi connectivity index (χ0n) is 15.3. The number of benzene rings is 2. The van der Waals surface area contributed by atoms with Crippen LogP contribution in [0.3, 0.4) is 0 Å². The van der Waals surface area contributed by atoms with Gasteiger partial charge in [-0.25, -0.2) is 0 Å². The highest BCUT2D eigenvalue weighted by Crippen LogP contribution is 2.27. The summed E-state index contributed by atoms with van der Waals surface area (Å²) in [6.45, 7) is 2.10. The molecule has 1 heterocycles. The summed E-state index contributed by atoms with van der Waals surface area (Å²) in [6.07, 6.45) is 4.76. The van der Waals surface area contributed by atoms with Crippen molar-refractivity contribution in [2.24, 2.45) is 0 Å². The highest BCUT2D eigenvalue weighted by Gasteiger charge is 2.19. The highest BCUT2D eigenvalue weighted by atomic mass is 79.9. The van der Waals surface area contributed by atoms with Gasteiger partial charge in [0.25, 0.3) is 5.82 Å². The Morgan fingerprint density at radius 3 is 2.30 bits per heavy atom. The van der Waals surface area contributed by atoms with Crippen LogP contribution in [0.1, 0.15) is 30.7 Å². The molecule has 2 N–H and O–H groups in total. The second kappa shape index (κ2) is 10.3. The third-order valence-corrected chi connectivity index (χ3v) is 5.03. The summed E-state index contributed by atoms with van der Waals surface area (Å²) in [5, 5.41) is 0. The molecule has 0 aliphatic rings. The second-order valence-electron chi connectivity index (χ2n) is 6.27. The van der Waals surface area contributed by atoms with Gasteiger partial charge in [0.15, 0.2) is 0 Å². The molecule has 0 spiro atoms. The van der Waals surface area contributed by atoms with Gasteiger partial charge in [-0.2, -0.15) is 4.57 Å². The Morgan fingerprint density at radius 2 is 1.59 bits per heavy atom. The summed E-state index contributed by atoms with van der Waals surface area (Å²) in [7, 11) is 0. The van der Waals surface area contributed by atoms with Crippen LogP contribution in [-0.4, -0.2) is 0 Å². The van der Waals surface area contributed by atoms with Crippen molar-refractivity contribution >= 4 is 21.7 Å². The molecule has 0 fully saturated rings. The van der Waals surface area contributed by atoms with E-state index in [-0.39, 0.29) is 18.6 Å². The number of pyridine rings is 1. The summed E-state index contributed by atoms with van der Waals surface area (Å²) >= 11 is 3.54. The average molecular weight is 448 g/mol. The van der Waals surface area contributed by atoms with Crippen molar-refractivity contribution in [1.82, 2.24) is 0 Å². The number of aryl methyl sites for hydroxylation is 2. The first-order valence-electron chi connectivity index (χ1n) is 8.92. The molecular weight excluding hydrogens is 424 g/mol. The molecule has 5 heteroatoms. The van der Waals surface area contributed by atoms with Crippen molar-refractivity contribution in [1.29, 1.82) is 0 Å². The summed E-state index contributed by atoms with van der Waals surface area (Å²) in [5.74, 6) is 1.52. The van der Waals surface area contributed by atoms with Crippen molar-refractivity contribution < 1.29 is 21.7 Å². The molecule has 3 aromatic rings. The maximum Gasteiger partial charge on any atom is 0.275 e. The van der Waals surface area contributed by atoms with Crippen LogP contribution in [0.2, 0.25) is 0 Å². The van der Waals surface area contributed by atoms with Gasteiger partial charge in [-0.3, -0.25) is 5.73 Å². The fraction of sp³-hybridized carbons (Fsp3) is 0.227. The first-order valence-corrected chi connectivity index (χ1v) is 9.71. The highest BCUT2D eigenvalue weighted by molar-refractivity contribution is 9.10. The summed E-state index contributed by atoms with van der Waals surface area (Å²) in [5.41, 5.74) is 8.82. The van der Waals surface area contributed by atoms with Crippen LogP contribution in [0.4, 0.5) is 5.82 Å². The van der Waals surface area contributed by atoms with Gasteiger partial charge >= 0.3 is 0 Å². The molecule has 2 aromatic carbocycles. The molecule has 0 bridgehead atoms. The molecule has 142 valence electrons. The minimum Gasteiger partial charge on any atom is -1.00 e. The first kappa shape index (κ1) is 21.3. The van der Waals surface area contributed by atoms with Gasteiger partial charge in [0.2, 0.25) is 6.23 Å². The monoisotopic (exact) mass is 446 g/mol. The number of para-hydroxylation sites is 1. The molecule has 3 nitrogen and oxygen atoms in total. The quantitative estimate of drug-likeness (QED) is 0.563. The van der Waals surface area contributed by atoms with Crippen molar-refractivity contribution in [3.63, 3.8) is 0 Å². The largest absolute Gasteiger partial charge is 1.00 e. The topological polar surface area (TPSA) is 39.1 Å². The molecule has 0 aliphatic carbocycles. The van der Waals surface area contributed by atoms with Gasteiger partial charge in [-0.05, 0) is 58.1 Å². The van der Waals surface area contributed by atoms with Crippen LogP contribution in [0.5, 0.6) is 5.75 Å². The third kappa shape index (κ3) is 5.72. The third-order valence-electron chi connectivity index (χ3n) is 4.38. The average Bonchev–Trinajstić information content (AvgIpc) is 2.68. The Balaban J connectivity index is 0.00000261. The van der Waals surface area contributed by atoms with Crippen molar-refractivity contribution in [3.8, 4) is 5.75 Å². The van der Waals surface area contributed by atoms with Crippen LogP contribution in [0, 0.1) is 0 Å². The van der Waals surface area contributed by atoms with E-state index in [1.54, 1.807) is 0 Å².